The van der Waals surface area contributed by atoms with E-state index in [0.717, 1.165) is 17.9 Å². The molecule has 36 heavy (non-hydrogen) atoms. The van der Waals surface area contributed by atoms with Crippen molar-refractivity contribution >= 4 is 40.1 Å². The number of aromatic nitrogens is 1. The van der Waals surface area contributed by atoms with Crippen molar-refractivity contribution in [3.63, 3.8) is 0 Å². The van der Waals surface area contributed by atoms with Gasteiger partial charge in [-0.05, 0) is 55.4 Å². The molecule has 190 valence electrons. The van der Waals surface area contributed by atoms with Gasteiger partial charge in [0.25, 0.3) is 17.6 Å². The maximum absolute atomic E-state index is 13.8. The molecule has 7 nitrogen and oxygen atoms in total. The minimum atomic E-state index is -0.626. The predicted octanol–water partition coefficient (Wildman–Crippen LogP) is 4.83. The first-order valence-corrected chi connectivity index (χ1v) is 12.5. The number of halogens is 1. The zero-order valence-electron chi connectivity index (χ0n) is 21.3. The van der Waals surface area contributed by atoms with Crippen LogP contribution in [0.2, 0.25) is 5.02 Å². The number of ether oxygens (including phenoxy) is 1. The summed E-state index contributed by atoms with van der Waals surface area (Å²) in [4.78, 5) is 45.0. The Bertz CT molecular complexity index is 1320. The Labute approximate surface area is 216 Å². The zero-order valence-corrected chi connectivity index (χ0v) is 22.1. The van der Waals surface area contributed by atoms with Gasteiger partial charge < -0.3 is 19.5 Å². The zero-order chi connectivity index (χ0) is 26.1. The minimum Gasteiger partial charge on any atom is -0.496 e. The lowest BCUT2D eigenvalue weighted by molar-refractivity contribution is -0.124. The smallest absolute Gasteiger partial charge is 0.294 e. The molecular weight excluding hydrogens is 478 g/mol. The highest BCUT2D eigenvalue weighted by molar-refractivity contribution is 6.44. The molecular formula is C28H32ClN3O4. The molecule has 1 aromatic heterocycles. The summed E-state index contributed by atoms with van der Waals surface area (Å²) < 4.78 is 5.55. The molecule has 1 saturated heterocycles. The van der Waals surface area contributed by atoms with Gasteiger partial charge in [-0.15, -0.1) is 0 Å². The maximum Gasteiger partial charge on any atom is 0.294 e. The summed E-state index contributed by atoms with van der Waals surface area (Å²) in [5, 5.41) is 1.26. The number of likely N-dealkylation sites (tertiary alicyclic amines) is 1. The standard InChI is InChI=1S/C28H32ClN3O4/c1-16-15-32(17(2)9-19(16)10-18-7-6-8-20(29)11-18)27(34)22-12-21-23(26(33)28(35)31(3)4)14-30-24(21)13-25(22)36-5/h6-8,11-14,16-17,19,30H,9-10,15H2,1-5H3/t16-,17+,19?/m1/s1. The van der Waals surface area contributed by atoms with Crippen molar-refractivity contribution in [2.24, 2.45) is 11.8 Å². The van der Waals surface area contributed by atoms with Gasteiger partial charge in [0.1, 0.15) is 5.75 Å². The number of likely N-dealkylation sites (N-methyl/N-ethyl adjacent to an activating group) is 1. The van der Waals surface area contributed by atoms with Gasteiger partial charge in [0, 0.05) is 54.9 Å². The molecule has 1 aliphatic rings. The van der Waals surface area contributed by atoms with Crippen LogP contribution in [0.5, 0.6) is 5.75 Å². The van der Waals surface area contributed by atoms with E-state index in [1.807, 2.05) is 23.1 Å². The van der Waals surface area contributed by atoms with E-state index in [-0.39, 0.29) is 17.5 Å². The molecule has 2 amide bonds. The van der Waals surface area contributed by atoms with E-state index in [1.165, 1.54) is 37.9 Å². The van der Waals surface area contributed by atoms with Crippen LogP contribution in [0.4, 0.5) is 0 Å². The fraction of sp³-hybridized carbons (Fsp3) is 0.393. The summed E-state index contributed by atoms with van der Waals surface area (Å²) in [7, 11) is 4.59. The van der Waals surface area contributed by atoms with Gasteiger partial charge in [0.05, 0.1) is 18.2 Å². The molecule has 1 N–H and O–H groups in total. The van der Waals surface area contributed by atoms with E-state index in [4.69, 9.17) is 16.3 Å². The van der Waals surface area contributed by atoms with Gasteiger partial charge in [-0.1, -0.05) is 30.7 Å². The van der Waals surface area contributed by atoms with E-state index in [0.29, 0.717) is 40.6 Å². The van der Waals surface area contributed by atoms with Crippen LogP contribution in [-0.4, -0.2) is 66.2 Å². The van der Waals surface area contributed by atoms with Gasteiger partial charge in [-0.25, -0.2) is 0 Å². The van der Waals surface area contributed by atoms with Crippen LogP contribution in [0.1, 0.15) is 46.5 Å². The van der Waals surface area contributed by atoms with Crippen molar-refractivity contribution in [2.75, 3.05) is 27.7 Å². The summed E-state index contributed by atoms with van der Waals surface area (Å²) in [5.41, 5.74) is 2.45. The molecule has 0 radical (unpaired) electrons. The Kier molecular flexibility index (Phi) is 7.41. The molecule has 0 saturated carbocycles. The fourth-order valence-electron chi connectivity index (χ4n) is 5.12. The van der Waals surface area contributed by atoms with Crippen LogP contribution in [-0.2, 0) is 11.2 Å². The first kappa shape index (κ1) is 25.8. The van der Waals surface area contributed by atoms with E-state index in [2.05, 4.69) is 24.9 Å². The van der Waals surface area contributed by atoms with Crippen molar-refractivity contribution < 1.29 is 19.1 Å². The third-order valence-electron chi connectivity index (χ3n) is 7.19. The number of rotatable bonds is 6. The largest absolute Gasteiger partial charge is 0.496 e. The summed E-state index contributed by atoms with van der Waals surface area (Å²) >= 11 is 6.18. The molecule has 1 fully saturated rings. The number of nitrogens with zero attached hydrogens (tertiary/aromatic N) is 2. The lowest BCUT2D eigenvalue weighted by Gasteiger charge is -2.42. The van der Waals surface area contributed by atoms with Crippen molar-refractivity contribution in [1.29, 1.82) is 0 Å². The number of hydrogen-bond acceptors (Lipinski definition) is 4. The van der Waals surface area contributed by atoms with Crippen LogP contribution in [0.25, 0.3) is 10.9 Å². The molecule has 1 aliphatic heterocycles. The Morgan fingerprint density at radius 1 is 1.14 bits per heavy atom. The van der Waals surface area contributed by atoms with Crippen LogP contribution in [0.15, 0.2) is 42.6 Å². The third-order valence-corrected chi connectivity index (χ3v) is 7.43. The van der Waals surface area contributed by atoms with E-state index < -0.39 is 11.7 Å². The summed E-state index contributed by atoms with van der Waals surface area (Å²) in [6.45, 7) is 4.86. The highest BCUT2D eigenvalue weighted by Crippen LogP contribution is 2.35. The molecule has 2 aromatic carbocycles. The molecule has 2 heterocycles. The number of H-pyrrole nitrogens is 1. The highest BCUT2D eigenvalue weighted by Gasteiger charge is 2.35. The predicted molar refractivity (Wildman–Crippen MR) is 141 cm³/mol. The second-order valence-corrected chi connectivity index (χ2v) is 10.4. The Hall–Kier alpha value is -3.32. The monoisotopic (exact) mass is 509 g/mol. The molecule has 4 rings (SSSR count). The second kappa shape index (κ2) is 10.3. The molecule has 1 unspecified atom stereocenters. The topological polar surface area (TPSA) is 82.7 Å². The van der Waals surface area contributed by atoms with Crippen LogP contribution in [0, 0.1) is 11.8 Å². The van der Waals surface area contributed by atoms with E-state index >= 15 is 0 Å². The normalized spacial score (nSPS) is 19.8. The number of piperidine rings is 1. The number of hydrogen-bond donors (Lipinski definition) is 1. The number of amides is 2. The van der Waals surface area contributed by atoms with E-state index in [9.17, 15) is 14.4 Å². The quantitative estimate of drug-likeness (QED) is 0.381. The number of Topliss-reactive ketones (excluding diaryl/α,β-unsaturated/α-hetero) is 1. The number of methoxy groups -OCH3 is 1. The number of carbonyl (C=O) groups is 3. The summed E-state index contributed by atoms with van der Waals surface area (Å²) in [6, 6.07) is 11.4. The molecule has 0 bridgehead atoms. The average molecular weight is 510 g/mol. The SMILES string of the molecule is COc1cc2[nH]cc(C(=O)C(=O)N(C)C)c2cc1C(=O)N1C[C@@H](C)C(Cc2cccc(Cl)c2)C[C@@H]1C. The Morgan fingerprint density at radius 3 is 2.56 bits per heavy atom. The summed E-state index contributed by atoms with van der Waals surface area (Å²) in [5.74, 6) is -0.248. The van der Waals surface area contributed by atoms with Crippen LogP contribution < -0.4 is 4.74 Å². The van der Waals surface area contributed by atoms with Crippen LogP contribution in [0.3, 0.4) is 0 Å². The van der Waals surface area contributed by atoms with Crippen LogP contribution >= 0.6 is 11.6 Å². The number of benzene rings is 2. The van der Waals surface area contributed by atoms with Crippen molar-refractivity contribution in [1.82, 2.24) is 14.8 Å². The first-order valence-electron chi connectivity index (χ1n) is 12.1. The van der Waals surface area contributed by atoms with Gasteiger partial charge in [0.2, 0.25) is 0 Å². The molecule has 0 spiro atoms. The van der Waals surface area contributed by atoms with Gasteiger partial charge in [-0.3, -0.25) is 14.4 Å². The highest BCUT2D eigenvalue weighted by atomic mass is 35.5. The third kappa shape index (κ3) is 4.98. The van der Waals surface area contributed by atoms with Gasteiger partial charge >= 0.3 is 0 Å². The molecule has 3 atom stereocenters. The lowest BCUT2D eigenvalue weighted by Crippen LogP contribution is -2.48. The van der Waals surface area contributed by atoms with E-state index in [1.54, 1.807) is 12.1 Å². The summed E-state index contributed by atoms with van der Waals surface area (Å²) in [6.07, 6.45) is 3.29. The fourth-order valence-corrected chi connectivity index (χ4v) is 5.33. The van der Waals surface area contributed by atoms with Crippen molar-refractivity contribution in [3.8, 4) is 5.75 Å². The van der Waals surface area contributed by atoms with Gasteiger partial charge in [0.15, 0.2) is 0 Å². The number of nitrogens with one attached hydrogen (secondary N) is 1. The Balaban J connectivity index is 1.61. The number of ketones is 1. The molecule has 0 aliphatic carbocycles. The number of fused-ring (bicyclic) bond motifs is 1. The molecule has 3 aromatic rings. The Morgan fingerprint density at radius 2 is 1.89 bits per heavy atom. The number of aromatic amines is 1. The average Bonchev–Trinajstić information content (AvgIpc) is 3.26. The minimum absolute atomic E-state index is 0.0286. The number of carbonyl (C=O) groups excluding carboxylic acids is 3. The molecule has 8 heteroatoms. The second-order valence-electron chi connectivity index (χ2n) is 9.94. The van der Waals surface area contributed by atoms with Gasteiger partial charge in [-0.2, -0.15) is 0 Å². The van der Waals surface area contributed by atoms with Crippen molar-refractivity contribution in [3.05, 3.63) is 64.3 Å². The lowest BCUT2D eigenvalue weighted by atomic mass is 9.79. The maximum atomic E-state index is 13.8. The van der Waals surface area contributed by atoms with Crippen molar-refractivity contribution in [2.45, 2.75) is 32.7 Å². The first-order chi connectivity index (χ1) is 17.1.